The van der Waals surface area contributed by atoms with Gasteiger partial charge in [-0.05, 0) is 19.4 Å². The Hall–Kier alpha value is -1.04. The van der Waals surface area contributed by atoms with E-state index in [2.05, 4.69) is 17.3 Å². The maximum Gasteiger partial charge on any atom is 0.390 e. The monoisotopic (exact) mass is 249 g/mol. The second kappa shape index (κ2) is 6.05. The van der Waals surface area contributed by atoms with E-state index in [1.54, 1.807) is 0 Å². The quantitative estimate of drug-likeness (QED) is 0.786. The summed E-state index contributed by atoms with van der Waals surface area (Å²) in [6.45, 7) is 4.42. The minimum atomic E-state index is -4.09. The van der Waals surface area contributed by atoms with Gasteiger partial charge in [-0.2, -0.15) is 18.3 Å². The van der Waals surface area contributed by atoms with Crippen LogP contribution in [0.2, 0.25) is 0 Å². The third-order valence-corrected chi connectivity index (χ3v) is 2.60. The first kappa shape index (κ1) is 14.0. The molecule has 98 valence electrons. The van der Waals surface area contributed by atoms with Crippen molar-refractivity contribution in [2.24, 2.45) is 0 Å². The van der Waals surface area contributed by atoms with Crippen LogP contribution in [-0.2, 0) is 6.54 Å². The van der Waals surface area contributed by atoms with Crippen LogP contribution >= 0.6 is 0 Å². The van der Waals surface area contributed by atoms with Gasteiger partial charge in [0.2, 0.25) is 0 Å². The van der Waals surface area contributed by atoms with Gasteiger partial charge in [-0.25, -0.2) is 0 Å². The standard InChI is InChI=1S/C11H18F3N3/c1-3-9(2)17-7-4-10(16-17)8-15-6-5-11(12,13)14/h4,7,9,15H,3,5-6,8H2,1-2H3. The van der Waals surface area contributed by atoms with Crippen LogP contribution in [0, 0.1) is 0 Å². The molecule has 0 saturated carbocycles. The molecule has 17 heavy (non-hydrogen) atoms. The molecule has 1 unspecified atom stereocenters. The first-order valence-electron chi connectivity index (χ1n) is 5.74. The van der Waals surface area contributed by atoms with Crippen molar-refractivity contribution in [1.29, 1.82) is 0 Å². The fraction of sp³-hybridized carbons (Fsp3) is 0.727. The van der Waals surface area contributed by atoms with E-state index in [1.165, 1.54) is 0 Å². The summed E-state index contributed by atoms with van der Waals surface area (Å²) >= 11 is 0. The van der Waals surface area contributed by atoms with E-state index in [1.807, 2.05) is 23.9 Å². The van der Waals surface area contributed by atoms with E-state index >= 15 is 0 Å². The van der Waals surface area contributed by atoms with Gasteiger partial charge in [0, 0.05) is 25.3 Å². The fourth-order valence-corrected chi connectivity index (χ4v) is 1.35. The zero-order chi connectivity index (χ0) is 12.9. The van der Waals surface area contributed by atoms with E-state index < -0.39 is 12.6 Å². The highest BCUT2D eigenvalue weighted by Crippen LogP contribution is 2.18. The molecule has 0 aliphatic heterocycles. The molecule has 0 fully saturated rings. The maximum absolute atomic E-state index is 11.9. The molecule has 0 radical (unpaired) electrons. The van der Waals surface area contributed by atoms with Crippen molar-refractivity contribution in [3.05, 3.63) is 18.0 Å². The molecule has 0 aliphatic rings. The second-order valence-corrected chi connectivity index (χ2v) is 4.09. The average molecular weight is 249 g/mol. The van der Waals surface area contributed by atoms with Crippen molar-refractivity contribution in [2.75, 3.05) is 6.54 Å². The lowest BCUT2D eigenvalue weighted by Gasteiger charge is -2.08. The third kappa shape index (κ3) is 5.21. The van der Waals surface area contributed by atoms with Crippen molar-refractivity contribution < 1.29 is 13.2 Å². The van der Waals surface area contributed by atoms with Crippen LogP contribution in [0.1, 0.15) is 38.4 Å². The highest BCUT2D eigenvalue weighted by Gasteiger charge is 2.25. The van der Waals surface area contributed by atoms with E-state index in [0.717, 1.165) is 12.1 Å². The first-order valence-corrected chi connectivity index (χ1v) is 5.74. The Morgan fingerprint density at radius 3 is 2.76 bits per heavy atom. The van der Waals surface area contributed by atoms with Gasteiger partial charge in [0.25, 0.3) is 0 Å². The second-order valence-electron chi connectivity index (χ2n) is 4.09. The van der Waals surface area contributed by atoms with Gasteiger partial charge in [-0.15, -0.1) is 0 Å². The van der Waals surface area contributed by atoms with E-state index in [4.69, 9.17) is 0 Å². The molecule has 0 saturated heterocycles. The molecule has 1 aromatic rings. The molecule has 0 aliphatic carbocycles. The number of nitrogens with zero attached hydrogens (tertiary/aromatic N) is 2. The van der Waals surface area contributed by atoms with Gasteiger partial charge in [0.15, 0.2) is 0 Å². The topological polar surface area (TPSA) is 29.9 Å². The summed E-state index contributed by atoms with van der Waals surface area (Å²) in [6, 6.07) is 2.14. The number of nitrogens with one attached hydrogen (secondary N) is 1. The Morgan fingerprint density at radius 2 is 2.18 bits per heavy atom. The van der Waals surface area contributed by atoms with Crippen LogP contribution in [0.3, 0.4) is 0 Å². The zero-order valence-electron chi connectivity index (χ0n) is 10.1. The van der Waals surface area contributed by atoms with Crippen molar-refractivity contribution >= 4 is 0 Å². The highest BCUT2D eigenvalue weighted by molar-refractivity contribution is 4.99. The number of aromatic nitrogens is 2. The van der Waals surface area contributed by atoms with Crippen LogP contribution in [-0.4, -0.2) is 22.5 Å². The van der Waals surface area contributed by atoms with Gasteiger partial charge >= 0.3 is 6.18 Å². The molecule has 1 atom stereocenters. The van der Waals surface area contributed by atoms with Crippen LogP contribution in [0.5, 0.6) is 0 Å². The summed E-state index contributed by atoms with van der Waals surface area (Å²) < 4.78 is 37.5. The molecular weight excluding hydrogens is 231 g/mol. The molecule has 0 amide bonds. The van der Waals surface area contributed by atoms with Gasteiger partial charge < -0.3 is 5.32 Å². The van der Waals surface area contributed by atoms with Crippen molar-refractivity contribution in [2.45, 2.75) is 45.5 Å². The predicted octanol–water partition coefficient (Wildman–Crippen LogP) is 2.90. The number of halogens is 3. The molecular formula is C11H18F3N3. The highest BCUT2D eigenvalue weighted by atomic mass is 19.4. The summed E-state index contributed by atoms with van der Waals surface area (Å²) in [7, 11) is 0. The molecule has 1 heterocycles. The van der Waals surface area contributed by atoms with Gasteiger partial charge in [0.1, 0.15) is 0 Å². The lowest BCUT2D eigenvalue weighted by Crippen LogP contribution is -2.21. The first-order chi connectivity index (χ1) is 7.92. The van der Waals surface area contributed by atoms with E-state index in [9.17, 15) is 13.2 Å². The molecule has 0 aromatic carbocycles. The van der Waals surface area contributed by atoms with Crippen molar-refractivity contribution in [3.63, 3.8) is 0 Å². The normalized spacial score (nSPS) is 13.9. The van der Waals surface area contributed by atoms with Crippen LogP contribution < -0.4 is 5.32 Å². The van der Waals surface area contributed by atoms with Crippen molar-refractivity contribution in [3.8, 4) is 0 Å². The van der Waals surface area contributed by atoms with E-state index in [-0.39, 0.29) is 6.54 Å². The summed E-state index contributed by atoms with van der Waals surface area (Å²) in [4.78, 5) is 0. The molecule has 6 heteroatoms. The van der Waals surface area contributed by atoms with Crippen LogP contribution in [0.4, 0.5) is 13.2 Å². The number of rotatable bonds is 6. The maximum atomic E-state index is 11.9. The van der Waals surface area contributed by atoms with Crippen LogP contribution in [0.25, 0.3) is 0 Å². The Balaban J connectivity index is 2.30. The fourth-order valence-electron chi connectivity index (χ4n) is 1.35. The van der Waals surface area contributed by atoms with Gasteiger partial charge in [-0.3, -0.25) is 4.68 Å². The average Bonchev–Trinajstić information content (AvgIpc) is 2.70. The molecule has 3 nitrogen and oxygen atoms in total. The largest absolute Gasteiger partial charge is 0.390 e. The van der Waals surface area contributed by atoms with Crippen molar-refractivity contribution in [1.82, 2.24) is 15.1 Å². The smallest absolute Gasteiger partial charge is 0.311 e. The van der Waals surface area contributed by atoms with Crippen LogP contribution in [0.15, 0.2) is 12.3 Å². The summed E-state index contributed by atoms with van der Waals surface area (Å²) in [6.07, 6.45) is -2.07. The Labute approximate surface area is 99.0 Å². The molecule has 1 aromatic heterocycles. The summed E-state index contributed by atoms with van der Waals surface area (Å²) in [5.74, 6) is 0. The lowest BCUT2D eigenvalue weighted by atomic mass is 10.3. The SMILES string of the molecule is CCC(C)n1ccc(CNCCC(F)(F)F)n1. The molecule has 0 bridgehead atoms. The van der Waals surface area contributed by atoms with Gasteiger partial charge in [0.05, 0.1) is 12.1 Å². The number of hydrogen-bond donors (Lipinski definition) is 1. The summed E-state index contributed by atoms with van der Waals surface area (Å²) in [5.41, 5.74) is 0.771. The Kier molecular flexibility index (Phi) is 4.99. The Bertz CT molecular complexity index is 333. The third-order valence-electron chi connectivity index (χ3n) is 2.60. The minimum Gasteiger partial charge on any atom is -0.311 e. The molecule has 0 spiro atoms. The van der Waals surface area contributed by atoms with Gasteiger partial charge in [-0.1, -0.05) is 6.92 Å². The zero-order valence-corrected chi connectivity index (χ0v) is 10.1. The van der Waals surface area contributed by atoms with E-state index in [0.29, 0.717) is 12.6 Å². The number of alkyl halides is 3. The Morgan fingerprint density at radius 1 is 1.47 bits per heavy atom. The minimum absolute atomic E-state index is 0.0698. The predicted molar refractivity (Wildman–Crippen MR) is 59.6 cm³/mol. The number of hydrogen-bond acceptors (Lipinski definition) is 2. The molecule has 1 N–H and O–H groups in total. The molecule has 1 rings (SSSR count). The summed E-state index contributed by atoms with van der Waals surface area (Å²) in [5, 5.41) is 7.02. The lowest BCUT2D eigenvalue weighted by molar-refractivity contribution is -0.133.